The number of benzene rings is 1. The van der Waals surface area contributed by atoms with Gasteiger partial charge in [0.25, 0.3) is 0 Å². The maximum atomic E-state index is 13.0. The molecule has 0 amide bonds. The Labute approximate surface area is 83.0 Å². The van der Waals surface area contributed by atoms with E-state index in [1.807, 2.05) is 0 Å². The molecular formula is C7H7FO4S2. The Bertz CT molecular complexity index is 480. The van der Waals surface area contributed by atoms with Gasteiger partial charge in [0.15, 0.2) is 20.9 Å². The summed E-state index contributed by atoms with van der Waals surface area (Å²) in [5.41, 5.74) is 0. The minimum atomic E-state index is -3.71. The van der Waals surface area contributed by atoms with Crippen molar-refractivity contribution in [2.75, 3.05) is 6.26 Å². The Morgan fingerprint density at radius 3 is 2.43 bits per heavy atom. The van der Waals surface area contributed by atoms with Crippen molar-refractivity contribution in [1.29, 1.82) is 0 Å². The van der Waals surface area contributed by atoms with E-state index >= 15 is 0 Å². The van der Waals surface area contributed by atoms with Crippen molar-refractivity contribution in [3.8, 4) is 0 Å². The largest absolute Gasteiger partial charge is 0.302 e. The molecule has 0 radical (unpaired) electrons. The molecule has 1 rings (SSSR count). The van der Waals surface area contributed by atoms with Crippen LogP contribution in [0.5, 0.6) is 0 Å². The molecule has 14 heavy (non-hydrogen) atoms. The summed E-state index contributed by atoms with van der Waals surface area (Å²) in [6.45, 7) is 0. The Hall–Kier alpha value is -0.790. The van der Waals surface area contributed by atoms with Gasteiger partial charge in [-0.1, -0.05) is 0 Å². The molecule has 4 nitrogen and oxygen atoms in total. The molecule has 1 unspecified atom stereocenters. The second kappa shape index (κ2) is 3.76. The lowest BCUT2D eigenvalue weighted by Gasteiger charge is -2.01. The van der Waals surface area contributed by atoms with Crippen molar-refractivity contribution in [3.05, 3.63) is 24.0 Å². The highest BCUT2D eigenvalue weighted by Crippen LogP contribution is 2.17. The zero-order valence-electron chi connectivity index (χ0n) is 7.10. The van der Waals surface area contributed by atoms with Gasteiger partial charge in [-0.2, -0.15) is 0 Å². The molecule has 1 aromatic rings. The maximum Gasteiger partial charge on any atom is 0.186 e. The molecule has 1 aromatic carbocycles. The van der Waals surface area contributed by atoms with Crippen molar-refractivity contribution in [1.82, 2.24) is 0 Å². The molecule has 0 spiro atoms. The summed E-state index contributed by atoms with van der Waals surface area (Å²) in [6, 6.07) is 2.75. The van der Waals surface area contributed by atoms with Crippen LogP contribution in [0.15, 0.2) is 28.0 Å². The van der Waals surface area contributed by atoms with Crippen molar-refractivity contribution in [3.63, 3.8) is 0 Å². The van der Waals surface area contributed by atoms with Crippen LogP contribution in [-0.4, -0.2) is 23.4 Å². The molecule has 0 heterocycles. The first-order chi connectivity index (χ1) is 6.32. The van der Waals surface area contributed by atoms with Crippen LogP contribution >= 0.6 is 0 Å². The third kappa shape index (κ3) is 2.37. The van der Waals surface area contributed by atoms with E-state index in [9.17, 15) is 17.0 Å². The number of halogens is 1. The van der Waals surface area contributed by atoms with E-state index in [0.29, 0.717) is 0 Å². The van der Waals surface area contributed by atoms with Gasteiger partial charge in [0.2, 0.25) is 0 Å². The lowest BCUT2D eigenvalue weighted by atomic mass is 10.3. The highest BCUT2D eigenvalue weighted by molar-refractivity contribution is 7.90. The Morgan fingerprint density at radius 2 is 2.00 bits per heavy atom. The molecule has 0 fully saturated rings. The summed E-state index contributed by atoms with van der Waals surface area (Å²) in [5, 5.41) is 0. The van der Waals surface area contributed by atoms with Gasteiger partial charge in [-0.25, -0.2) is 17.0 Å². The summed E-state index contributed by atoms with van der Waals surface area (Å²) in [4.78, 5) is -0.718. The van der Waals surface area contributed by atoms with Gasteiger partial charge in [-0.3, -0.25) is 0 Å². The van der Waals surface area contributed by atoms with Crippen LogP contribution in [0.1, 0.15) is 0 Å². The topological polar surface area (TPSA) is 71.4 Å². The van der Waals surface area contributed by atoms with Crippen LogP contribution in [0.25, 0.3) is 0 Å². The SMILES string of the molecule is CS(=O)(=O)c1cc(S(=O)O)ccc1F. The second-order valence-electron chi connectivity index (χ2n) is 2.61. The first kappa shape index (κ1) is 11.3. The number of sulfone groups is 1. The highest BCUT2D eigenvalue weighted by Gasteiger charge is 2.15. The Balaban J connectivity index is 3.44. The number of rotatable bonds is 2. The molecule has 0 aliphatic carbocycles. The summed E-state index contributed by atoms with van der Waals surface area (Å²) < 4.78 is 54.2. The molecule has 1 N–H and O–H groups in total. The van der Waals surface area contributed by atoms with Gasteiger partial charge in [0.05, 0.1) is 4.90 Å². The quantitative estimate of drug-likeness (QED) is 0.774. The first-order valence-electron chi connectivity index (χ1n) is 3.43. The van der Waals surface area contributed by atoms with Crippen LogP contribution in [0.4, 0.5) is 4.39 Å². The van der Waals surface area contributed by atoms with Crippen LogP contribution in [0.2, 0.25) is 0 Å². The van der Waals surface area contributed by atoms with E-state index in [-0.39, 0.29) is 4.90 Å². The average molecular weight is 238 g/mol. The molecule has 78 valence electrons. The Morgan fingerprint density at radius 1 is 1.43 bits per heavy atom. The zero-order valence-corrected chi connectivity index (χ0v) is 8.73. The fourth-order valence-electron chi connectivity index (χ4n) is 0.876. The molecule has 0 saturated carbocycles. The van der Waals surface area contributed by atoms with E-state index in [1.165, 1.54) is 0 Å². The van der Waals surface area contributed by atoms with Crippen LogP contribution in [0, 0.1) is 5.82 Å². The molecule has 0 aliphatic rings. The lowest BCUT2D eigenvalue weighted by molar-refractivity contribution is 0.558. The maximum absolute atomic E-state index is 13.0. The van der Waals surface area contributed by atoms with E-state index in [4.69, 9.17) is 4.55 Å². The Kier molecular flexibility index (Phi) is 3.03. The highest BCUT2D eigenvalue weighted by atomic mass is 32.2. The minimum absolute atomic E-state index is 0.146. The molecule has 0 aromatic heterocycles. The van der Waals surface area contributed by atoms with Gasteiger partial charge >= 0.3 is 0 Å². The average Bonchev–Trinajstić information content (AvgIpc) is 2.02. The zero-order chi connectivity index (χ0) is 10.9. The monoisotopic (exact) mass is 238 g/mol. The fraction of sp³-hybridized carbons (Fsp3) is 0.143. The number of hydrogen-bond acceptors (Lipinski definition) is 3. The van der Waals surface area contributed by atoms with Crippen LogP contribution in [0.3, 0.4) is 0 Å². The van der Waals surface area contributed by atoms with Gasteiger partial charge in [0, 0.05) is 6.26 Å². The molecule has 7 heteroatoms. The van der Waals surface area contributed by atoms with Crippen molar-refractivity contribution >= 4 is 20.9 Å². The third-order valence-corrected chi connectivity index (χ3v) is 3.27. The first-order valence-corrected chi connectivity index (χ1v) is 6.42. The molecule has 1 atom stereocenters. The number of hydrogen-bond donors (Lipinski definition) is 1. The van der Waals surface area contributed by atoms with Crippen LogP contribution < -0.4 is 0 Å². The predicted molar refractivity (Wildman–Crippen MR) is 48.5 cm³/mol. The molecule has 0 bridgehead atoms. The smallest absolute Gasteiger partial charge is 0.186 e. The summed E-state index contributed by atoms with van der Waals surface area (Å²) >= 11 is -2.31. The minimum Gasteiger partial charge on any atom is -0.302 e. The van der Waals surface area contributed by atoms with Gasteiger partial charge in [0.1, 0.15) is 10.7 Å². The van der Waals surface area contributed by atoms with Crippen molar-refractivity contribution in [2.45, 2.75) is 9.79 Å². The predicted octanol–water partition coefficient (Wildman–Crippen LogP) is 0.810. The summed E-state index contributed by atoms with van der Waals surface area (Å²) in [5.74, 6) is -0.929. The molecular weight excluding hydrogens is 231 g/mol. The lowest BCUT2D eigenvalue weighted by Crippen LogP contribution is -2.02. The normalized spacial score (nSPS) is 13.9. The molecule has 0 aliphatic heterocycles. The summed E-state index contributed by atoms with van der Waals surface area (Å²) in [7, 11) is -3.71. The summed E-state index contributed by atoms with van der Waals surface area (Å²) in [6.07, 6.45) is 0.829. The van der Waals surface area contributed by atoms with E-state index in [1.54, 1.807) is 0 Å². The van der Waals surface area contributed by atoms with E-state index in [0.717, 1.165) is 24.5 Å². The van der Waals surface area contributed by atoms with E-state index < -0.39 is 31.6 Å². The standard InChI is InChI=1S/C7H7FO4S2/c1-14(11,12)7-4-5(13(9)10)2-3-6(7)8/h2-4H,1H3,(H,9,10). The van der Waals surface area contributed by atoms with Crippen LogP contribution in [-0.2, 0) is 20.9 Å². The van der Waals surface area contributed by atoms with Crippen molar-refractivity contribution < 1.29 is 21.6 Å². The fourth-order valence-corrected chi connectivity index (χ4v) is 2.12. The van der Waals surface area contributed by atoms with Crippen molar-refractivity contribution in [2.24, 2.45) is 0 Å². The van der Waals surface area contributed by atoms with Gasteiger partial charge in [-0.15, -0.1) is 0 Å². The van der Waals surface area contributed by atoms with Gasteiger partial charge in [-0.05, 0) is 18.2 Å². The molecule has 0 saturated heterocycles. The second-order valence-corrected chi connectivity index (χ2v) is 5.57. The van der Waals surface area contributed by atoms with E-state index in [2.05, 4.69) is 0 Å². The third-order valence-electron chi connectivity index (χ3n) is 1.50. The van der Waals surface area contributed by atoms with Gasteiger partial charge < -0.3 is 4.55 Å².